The van der Waals surface area contributed by atoms with Gasteiger partial charge in [0.25, 0.3) is 0 Å². The maximum absolute atomic E-state index is 11.5. The van der Waals surface area contributed by atoms with Crippen molar-refractivity contribution < 1.29 is 4.79 Å². The number of ketones is 1. The van der Waals surface area contributed by atoms with Gasteiger partial charge in [0.1, 0.15) is 0 Å². The van der Waals surface area contributed by atoms with E-state index >= 15 is 0 Å². The van der Waals surface area contributed by atoms with Crippen molar-refractivity contribution >= 4 is 5.78 Å². The van der Waals surface area contributed by atoms with Crippen molar-refractivity contribution in [2.45, 2.75) is 52.4 Å². The third-order valence-electron chi connectivity index (χ3n) is 2.63. The summed E-state index contributed by atoms with van der Waals surface area (Å²) in [7, 11) is 0. The SMILES string of the molecule is CCCC(=O)C(C)=C1CCCC1. The minimum absolute atomic E-state index is 0.370. The van der Waals surface area contributed by atoms with E-state index in [0.29, 0.717) is 5.78 Å². The lowest BCUT2D eigenvalue weighted by molar-refractivity contribution is -0.115. The largest absolute Gasteiger partial charge is 0.295 e. The van der Waals surface area contributed by atoms with Crippen molar-refractivity contribution in [2.24, 2.45) is 0 Å². The van der Waals surface area contributed by atoms with Crippen molar-refractivity contribution in [1.82, 2.24) is 0 Å². The van der Waals surface area contributed by atoms with E-state index in [9.17, 15) is 4.79 Å². The lowest BCUT2D eigenvalue weighted by atomic mass is 10.0. The summed E-state index contributed by atoms with van der Waals surface area (Å²) < 4.78 is 0. The highest BCUT2D eigenvalue weighted by atomic mass is 16.1. The molecule has 1 rings (SSSR count). The van der Waals surface area contributed by atoms with E-state index in [1.807, 2.05) is 6.92 Å². The Bertz CT molecular complexity index is 193. The van der Waals surface area contributed by atoms with Gasteiger partial charge >= 0.3 is 0 Å². The summed E-state index contributed by atoms with van der Waals surface area (Å²) in [6, 6.07) is 0. The van der Waals surface area contributed by atoms with E-state index in [0.717, 1.165) is 18.4 Å². The van der Waals surface area contributed by atoms with E-state index in [1.54, 1.807) is 0 Å². The Morgan fingerprint density at radius 2 is 1.92 bits per heavy atom. The summed E-state index contributed by atoms with van der Waals surface area (Å²) in [5.74, 6) is 0.370. The highest BCUT2D eigenvalue weighted by Gasteiger charge is 2.13. The summed E-state index contributed by atoms with van der Waals surface area (Å²) in [5, 5.41) is 0. The Morgan fingerprint density at radius 3 is 2.42 bits per heavy atom. The van der Waals surface area contributed by atoms with Gasteiger partial charge in [0, 0.05) is 6.42 Å². The highest BCUT2D eigenvalue weighted by molar-refractivity contribution is 5.95. The molecule has 0 aromatic heterocycles. The molecule has 0 unspecified atom stereocenters. The summed E-state index contributed by atoms with van der Waals surface area (Å²) in [5.41, 5.74) is 2.49. The molecule has 0 aromatic carbocycles. The average Bonchev–Trinajstić information content (AvgIpc) is 2.55. The minimum atomic E-state index is 0.370. The van der Waals surface area contributed by atoms with Gasteiger partial charge in [0.2, 0.25) is 0 Å². The zero-order valence-corrected chi connectivity index (χ0v) is 8.15. The van der Waals surface area contributed by atoms with Crippen LogP contribution in [0.1, 0.15) is 52.4 Å². The van der Waals surface area contributed by atoms with Crippen molar-refractivity contribution in [3.63, 3.8) is 0 Å². The van der Waals surface area contributed by atoms with Gasteiger partial charge < -0.3 is 0 Å². The molecule has 12 heavy (non-hydrogen) atoms. The van der Waals surface area contributed by atoms with Crippen LogP contribution in [0.3, 0.4) is 0 Å². The van der Waals surface area contributed by atoms with Crippen LogP contribution in [0, 0.1) is 0 Å². The first-order chi connectivity index (χ1) is 5.75. The Hall–Kier alpha value is -0.590. The van der Waals surface area contributed by atoms with Crippen molar-refractivity contribution in [2.75, 3.05) is 0 Å². The number of hydrogen-bond donors (Lipinski definition) is 0. The van der Waals surface area contributed by atoms with Gasteiger partial charge in [0.05, 0.1) is 0 Å². The number of carbonyl (C=O) groups is 1. The second-order valence-corrected chi connectivity index (χ2v) is 3.61. The van der Waals surface area contributed by atoms with Gasteiger partial charge in [-0.1, -0.05) is 12.5 Å². The van der Waals surface area contributed by atoms with E-state index in [4.69, 9.17) is 0 Å². The Morgan fingerprint density at radius 1 is 1.33 bits per heavy atom. The standard InChI is InChI=1S/C11H18O/c1-3-6-11(12)9(2)10-7-4-5-8-10/h3-8H2,1-2H3. The quantitative estimate of drug-likeness (QED) is 0.588. The predicted molar refractivity (Wildman–Crippen MR) is 51.1 cm³/mol. The zero-order valence-electron chi connectivity index (χ0n) is 8.15. The number of carbonyl (C=O) groups excluding carboxylic acids is 1. The molecule has 1 fully saturated rings. The van der Waals surface area contributed by atoms with Crippen LogP contribution in [0.5, 0.6) is 0 Å². The van der Waals surface area contributed by atoms with Crippen molar-refractivity contribution in [3.05, 3.63) is 11.1 Å². The monoisotopic (exact) mass is 166 g/mol. The molecule has 1 aliphatic rings. The van der Waals surface area contributed by atoms with Crippen LogP contribution in [-0.4, -0.2) is 5.78 Å². The maximum Gasteiger partial charge on any atom is 0.158 e. The molecule has 0 aliphatic heterocycles. The van der Waals surface area contributed by atoms with Gasteiger partial charge in [0.15, 0.2) is 5.78 Å². The molecule has 0 N–H and O–H groups in total. The fourth-order valence-electron chi connectivity index (χ4n) is 1.79. The Kier molecular flexibility index (Phi) is 3.51. The van der Waals surface area contributed by atoms with Crippen LogP contribution in [0.4, 0.5) is 0 Å². The Labute approximate surface area is 74.9 Å². The third kappa shape index (κ3) is 2.20. The smallest absolute Gasteiger partial charge is 0.158 e. The van der Waals surface area contributed by atoms with E-state index in [2.05, 4.69) is 6.92 Å². The first-order valence-electron chi connectivity index (χ1n) is 4.97. The van der Waals surface area contributed by atoms with Gasteiger partial charge in [-0.25, -0.2) is 0 Å². The molecule has 0 atom stereocenters. The molecule has 0 spiro atoms. The van der Waals surface area contributed by atoms with Crippen LogP contribution >= 0.6 is 0 Å². The second kappa shape index (κ2) is 4.44. The number of allylic oxidation sites excluding steroid dienone is 2. The molecule has 0 saturated heterocycles. The van der Waals surface area contributed by atoms with Crippen LogP contribution in [0.15, 0.2) is 11.1 Å². The maximum atomic E-state index is 11.5. The highest BCUT2D eigenvalue weighted by Crippen LogP contribution is 2.27. The van der Waals surface area contributed by atoms with Gasteiger partial charge in [-0.3, -0.25) is 4.79 Å². The summed E-state index contributed by atoms with van der Waals surface area (Å²) in [6.45, 7) is 4.06. The molecule has 1 saturated carbocycles. The summed E-state index contributed by atoms with van der Waals surface area (Å²) >= 11 is 0. The van der Waals surface area contributed by atoms with E-state index in [1.165, 1.54) is 31.3 Å². The topological polar surface area (TPSA) is 17.1 Å². The molecule has 1 heteroatoms. The van der Waals surface area contributed by atoms with Crippen molar-refractivity contribution in [1.29, 1.82) is 0 Å². The molecule has 68 valence electrons. The van der Waals surface area contributed by atoms with Crippen LogP contribution < -0.4 is 0 Å². The van der Waals surface area contributed by atoms with Crippen molar-refractivity contribution in [3.8, 4) is 0 Å². The molecule has 0 heterocycles. The zero-order chi connectivity index (χ0) is 8.97. The lowest BCUT2D eigenvalue weighted by Crippen LogP contribution is -2.00. The Balaban J connectivity index is 2.60. The first-order valence-corrected chi connectivity index (χ1v) is 4.97. The lowest BCUT2D eigenvalue weighted by Gasteiger charge is -2.03. The first kappa shape index (κ1) is 9.50. The average molecular weight is 166 g/mol. The number of Topliss-reactive ketones (excluding diaryl/α,β-unsaturated/α-hetero) is 1. The third-order valence-corrected chi connectivity index (χ3v) is 2.63. The van der Waals surface area contributed by atoms with Crippen LogP contribution in [-0.2, 0) is 4.79 Å². The van der Waals surface area contributed by atoms with E-state index < -0.39 is 0 Å². The van der Waals surface area contributed by atoms with Gasteiger partial charge in [-0.15, -0.1) is 0 Å². The molecular formula is C11H18O. The van der Waals surface area contributed by atoms with E-state index in [-0.39, 0.29) is 0 Å². The molecular weight excluding hydrogens is 148 g/mol. The van der Waals surface area contributed by atoms with Crippen LogP contribution in [0.25, 0.3) is 0 Å². The summed E-state index contributed by atoms with van der Waals surface area (Å²) in [6.07, 6.45) is 6.61. The normalized spacial score (nSPS) is 16.7. The molecule has 0 aromatic rings. The summed E-state index contributed by atoms with van der Waals surface area (Å²) in [4.78, 5) is 11.5. The number of rotatable bonds is 3. The fourth-order valence-corrected chi connectivity index (χ4v) is 1.79. The fraction of sp³-hybridized carbons (Fsp3) is 0.727. The molecule has 1 nitrogen and oxygen atoms in total. The van der Waals surface area contributed by atoms with Gasteiger partial charge in [-0.05, 0) is 44.6 Å². The van der Waals surface area contributed by atoms with Crippen LogP contribution in [0.2, 0.25) is 0 Å². The minimum Gasteiger partial charge on any atom is -0.295 e. The number of hydrogen-bond acceptors (Lipinski definition) is 1. The molecule has 0 amide bonds. The molecule has 0 bridgehead atoms. The second-order valence-electron chi connectivity index (χ2n) is 3.61. The predicted octanol–water partition coefficient (Wildman–Crippen LogP) is 3.25. The molecule has 1 aliphatic carbocycles. The molecule has 0 radical (unpaired) electrons. The van der Waals surface area contributed by atoms with Gasteiger partial charge in [-0.2, -0.15) is 0 Å².